The van der Waals surface area contributed by atoms with Crippen LogP contribution in [0.3, 0.4) is 0 Å². The topological polar surface area (TPSA) is 49.8 Å². The third-order valence-corrected chi connectivity index (χ3v) is 2.98. The van der Waals surface area contributed by atoms with Gasteiger partial charge in [0.05, 0.1) is 12.0 Å². The average molecular weight is 192 g/mol. The summed E-state index contributed by atoms with van der Waals surface area (Å²) in [6.45, 7) is 1.91. The van der Waals surface area contributed by atoms with Crippen LogP contribution in [0, 0.1) is 17.2 Å². The van der Waals surface area contributed by atoms with Gasteiger partial charge >= 0.3 is 0 Å². The van der Waals surface area contributed by atoms with Gasteiger partial charge in [-0.05, 0) is 19.1 Å². The average Bonchev–Trinajstić information content (AvgIpc) is 2.16. The molecule has 0 spiro atoms. The second kappa shape index (κ2) is 4.78. The Kier molecular flexibility index (Phi) is 3.66. The van der Waals surface area contributed by atoms with Gasteiger partial charge in [-0.1, -0.05) is 12.1 Å². The summed E-state index contributed by atoms with van der Waals surface area (Å²) in [5, 5.41) is 8.59. The second-order valence-electron chi connectivity index (χ2n) is 2.88. The van der Waals surface area contributed by atoms with Crippen molar-refractivity contribution in [2.45, 2.75) is 11.8 Å². The molecule has 0 heterocycles. The van der Waals surface area contributed by atoms with E-state index in [0.29, 0.717) is 0 Å². The summed E-state index contributed by atoms with van der Waals surface area (Å²) in [5.74, 6) is 0.870. The van der Waals surface area contributed by atoms with E-state index >= 15 is 0 Å². The van der Waals surface area contributed by atoms with Gasteiger partial charge in [0.25, 0.3) is 0 Å². The van der Waals surface area contributed by atoms with Gasteiger partial charge < -0.3 is 5.73 Å². The number of nitriles is 1. The molecule has 0 unspecified atom stereocenters. The maximum absolute atomic E-state index is 8.59. The van der Waals surface area contributed by atoms with Crippen LogP contribution in [0.1, 0.15) is 6.92 Å². The van der Waals surface area contributed by atoms with E-state index < -0.39 is 0 Å². The molecule has 1 atom stereocenters. The van der Waals surface area contributed by atoms with Gasteiger partial charge in [0.2, 0.25) is 0 Å². The minimum Gasteiger partial charge on any atom is -0.398 e. The highest BCUT2D eigenvalue weighted by atomic mass is 32.2. The monoisotopic (exact) mass is 192 g/mol. The van der Waals surface area contributed by atoms with E-state index in [1.165, 1.54) is 0 Å². The maximum Gasteiger partial charge on any atom is 0.0661 e. The van der Waals surface area contributed by atoms with Crippen molar-refractivity contribution in [1.82, 2.24) is 0 Å². The van der Waals surface area contributed by atoms with Crippen molar-refractivity contribution >= 4 is 17.4 Å². The molecule has 0 aliphatic heterocycles. The fourth-order valence-corrected chi connectivity index (χ4v) is 1.78. The normalized spacial score (nSPS) is 12.0. The van der Waals surface area contributed by atoms with Crippen LogP contribution in [0.15, 0.2) is 29.2 Å². The summed E-state index contributed by atoms with van der Waals surface area (Å²) in [5.41, 5.74) is 6.53. The Labute approximate surface area is 82.7 Å². The highest BCUT2D eigenvalue weighted by molar-refractivity contribution is 7.99. The van der Waals surface area contributed by atoms with E-state index in [2.05, 4.69) is 6.07 Å². The summed E-state index contributed by atoms with van der Waals surface area (Å²) in [7, 11) is 0. The third kappa shape index (κ3) is 3.00. The van der Waals surface area contributed by atoms with Crippen molar-refractivity contribution in [3.05, 3.63) is 24.3 Å². The quantitative estimate of drug-likeness (QED) is 0.591. The lowest BCUT2D eigenvalue weighted by molar-refractivity contribution is 0.864. The number of hydrogen-bond acceptors (Lipinski definition) is 3. The summed E-state index contributed by atoms with van der Waals surface area (Å²) in [6, 6.07) is 9.91. The molecule has 0 amide bonds. The van der Waals surface area contributed by atoms with E-state index in [-0.39, 0.29) is 5.92 Å². The Morgan fingerprint density at radius 3 is 2.85 bits per heavy atom. The van der Waals surface area contributed by atoms with Crippen molar-refractivity contribution in [3.8, 4) is 6.07 Å². The van der Waals surface area contributed by atoms with Crippen LogP contribution >= 0.6 is 11.8 Å². The van der Waals surface area contributed by atoms with Gasteiger partial charge in [-0.3, -0.25) is 0 Å². The molecule has 0 fully saturated rings. The number of rotatable bonds is 3. The molecule has 0 saturated carbocycles. The molecule has 0 aliphatic rings. The summed E-state index contributed by atoms with van der Waals surface area (Å²) in [6.07, 6.45) is 0. The Balaban J connectivity index is 2.56. The number of hydrogen-bond donors (Lipinski definition) is 1. The van der Waals surface area contributed by atoms with Crippen molar-refractivity contribution in [1.29, 1.82) is 5.26 Å². The number of nitrogens with zero attached hydrogens (tertiary/aromatic N) is 1. The number of thioether (sulfide) groups is 1. The van der Waals surface area contributed by atoms with Crippen molar-refractivity contribution in [2.24, 2.45) is 5.92 Å². The Morgan fingerprint density at radius 1 is 1.54 bits per heavy atom. The molecule has 68 valence electrons. The van der Waals surface area contributed by atoms with Crippen LogP contribution in [-0.2, 0) is 0 Å². The first kappa shape index (κ1) is 9.94. The molecule has 0 bridgehead atoms. The number of anilines is 1. The summed E-state index contributed by atoms with van der Waals surface area (Å²) in [4.78, 5) is 1.06. The fourth-order valence-electron chi connectivity index (χ4n) is 0.864. The number of nitrogens with two attached hydrogens (primary N) is 1. The van der Waals surface area contributed by atoms with E-state index in [1.807, 2.05) is 31.2 Å². The molecule has 1 aromatic rings. The zero-order chi connectivity index (χ0) is 9.68. The summed E-state index contributed by atoms with van der Waals surface area (Å²) < 4.78 is 0. The van der Waals surface area contributed by atoms with Crippen LogP contribution < -0.4 is 5.73 Å². The van der Waals surface area contributed by atoms with Crippen LogP contribution in [0.25, 0.3) is 0 Å². The zero-order valence-corrected chi connectivity index (χ0v) is 8.34. The van der Waals surface area contributed by atoms with Gasteiger partial charge in [0.1, 0.15) is 0 Å². The second-order valence-corrected chi connectivity index (χ2v) is 3.94. The first-order valence-corrected chi connectivity index (χ1v) is 5.09. The largest absolute Gasteiger partial charge is 0.398 e. The Hall–Kier alpha value is -1.14. The lowest BCUT2D eigenvalue weighted by Gasteiger charge is -2.05. The Morgan fingerprint density at radius 2 is 2.23 bits per heavy atom. The van der Waals surface area contributed by atoms with E-state index in [9.17, 15) is 0 Å². The van der Waals surface area contributed by atoms with Crippen molar-refractivity contribution < 1.29 is 0 Å². The molecule has 3 heteroatoms. The van der Waals surface area contributed by atoms with Crippen molar-refractivity contribution in [2.75, 3.05) is 11.5 Å². The van der Waals surface area contributed by atoms with Crippen LogP contribution in [0.4, 0.5) is 5.69 Å². The predicted molar refractivity (Wildman–Crippen MR) is 56.4 cm³/mol. The lowest BCUT2D eigenvalue weighted by Crippen LogP contribution is -1.94. The van der Waals surface area contributed by atoms with E-state index in [0.717, 1.165) is 16.3 Å². The van der Waals surface area contributed by atoms with Crippen LogP contribution in [0.2, 0.25) is 0 Å². The molecular weight excluding hydrogens is 180 g/mol. The standard InChI is InChI=1S/C10H12N2S/c1-8(6-11)7-13-10-5-3-2-4-9(10)12/h2-5,8H,7,12H2,1H3/t8-/m1/s1. The first-order valence-electron chi connectivity index (χ1n) is 4.11. The number of benzene rings is 1. The zero-order valence-electron chi connectivity index (χ0n) is 7.53. The highest BCUT2D eigenvalue weighted by Crippen LogP contribution is 2.25. The molecule has 2 N–H and O–H groups in total. The lowest BCUT2D eigenvalue weighted by atomic mass is 10.3. The molecule has 0 aromatic heterocycles. The molecular formula is C10H12N2S. The minimum atomic E-state index is 0.0737. The van der Waals surface area contributed by atoms with Gasteiger partial charge in [-0.25, -0.2) is 0 Å². The molecule has 0 saturated heterocycles. The SMILES string of the molecule is C[C@H](C#N)CSc1ccccc1N. The molecule has 1 aromatic carbocycles. The summed E-state index contributed by atoms with van der Waals surface area (Å²) >= 11 is 1.63. The van der Waals surface area contributed by atoms with E-state index in [4.69, 9.17) is 11.0 Å². The number of nitrogen functional groups attached to an aromatic ring is 1. The van der Waals surface area contributed by atoms with Crippen molar-refractivity contribution in [3.63, 3.8) is 0 Å². The number of para-hydroxylation sites is 1. The molecule has 0 radical (unpaired) electrons. The van der Waals surface area contributed by atoms with Gasteiger partial charge in [0, 0.05) is 16.3 Å². The first-order chi connectivity index (χ1) is 6.24. The maximum atomic E-state index is 8.59. The van der Waals surface area contributed by atoms with E-state index in [1.54, 1.807) is 11.8 Å². The molecule has 13 heavy (non-hydrogen) atoms. The molecule has 2 nitrogen and oxygen atoms in total. The highest BCUT2D eigenvalue weighted by Gasteiger charge is 2.02. The minimum absolute atomic E-state index is 0.0737. The van der Waals surface area contributed by atoms with Crippen LogP contribution in [0.5, 0.6) is 0 Å². The third-order valence-electron chi connectivity index (χ3n) is 1.63. The van der Waals surface area contributed by atoms with Gasteiger partial charge in [-0.15, -0.1) is 11.8 Å². The van der Waals surface area contributed by atoms with Gasteiger partial charge in [0.15, 0.2) is 0 Å². The predicted octanol–water partition coefficient (Wildman–Crippen LogP) is 2.52. The molecule has 0 aliphatic carbocycles. The van der Waals surface area contributed by atoms with Crippen LogP contribution in [-0.4, -0.2) is 5.75 Å². The Bertz CT molecular complexity index is 317. The smallest absolute Gasteiger partial charge is 0.0661 e. The molecule has 1 rings (SSSR count). The fraction of sp³-hybridized carbons (Fsp3) is 0.300. The van der Waals surface area contributed by atoms with Gasteiger partial charge in [-0.2, -0.15) is 5.26 Å².